The van der Waals surface area contributed by atoms with Crippen LogP contribution < -0.4 is 5.32 Å². The lowest BCUT2D eigenvalue weighted by Gasteiger charge is -2.29. The maximum absolute atomic E-state index is 9.46. The maximum atomic E-state index is 9.46. The normalized spacial score (nSPS) is 18.8. The van der Waals surface area contributed by atoms with Gasteiger partial charge in [0.2, 0.25) is 0 Å². The summed E-state index contributed by atoms with van der Waals surface area (Å²) >= 11 is 0. The fourth-order valence-corrected chi connectivity index (χ4v) is 2.78. The first-order valence-electron chi connectivity index (χ1n) is 8.21. The van der Waals surface area contributed by atoms with Crippen LogP contribution in [0.1, 0.15) is 59.3 Å². The van der Waals surface area contributed by atoms with Crippen molar-refractivity contribution in [2.24, 2.45) is 5.92 Å². The van der Waals surface area contributed by atoms with Gasteiger partial charge in [0.25, 0.3) is 0 Å². The monoisotopic (exact) mass is 270 g/mol. The molecule has 0 radical (unpaired) electrons. The first kappa shape index (κ1) is 16.9. The summed E-state index contributed by atoms with van der Waals surface area (Å²) in [6, 6.07) is 0. The Kier molecular flexibility index (Phi) is 7.96. The fraction of sp³-hybridized carbons (Fsp3) is 1.00. The van der Waals surface area contributed by atoms with E-state index < -0.39 is 0 Å². The topological polar surface area (TPSA) is 35.5 Å². The van der Waals surface area contributed by atoms with Gasteiger partial charge in [-0.25, -0.2) is 0 Å². The quantitative estimate of drug-likeness (QED) is 0.535. The average molecular weight is 270 g/mol. The van der Waals surface area contributed by atoms with Crippen LogP contribution in [0.4, 0.5) is 0 Å². The number of nitrogens with zero attached hydrogens (tertiary/aromatic N) is 1. The van der Waals surface area contributed by atoms with Gasteiger partial charge in [-0.05, 0) is 64.6 Å². The molecule has 0 bridgehead atoms. The van der Waals surface area contributed by atoms with Crippen molar-refractivity contribution in [2.45, 2.75) is 64.8 Å². The summed E-state index contributed by atoms with van der Waals surface area (Å²) in [5.41, 5.74) is -0.0825. The highest BCUT2D eigenvalue weighted by Crippen LogP contribution is 2.29. The number of aliphatic hydroxyl groups is 1. The average Bonchev–Trinajstić information content (AvgIpc) is 3.19. The lowest BCUT2D eigenvalue weighted by molar-refractivity contribution is 0.162. The Labute approximate surface area is 119 Å². The van der Waals surface area contributed by atoms with Gasteiger partial charge in [-0.1, -0.05) is 20.3 Å². The highest BCUT2D eigenvalue weighted by atomic mass is 16.3. The molecule has 114 valence electrons. The summed E-state index contributed by atoms with van der Waals surface area (Å²) in [6.07, 6.45) is 7.69. The number of unbranched alkanes of at least 4 members (excludes halogenated alkanes) is 1. The molecule has 1 atom stereocenters. The van der Waals surface area contributed by atoms with Gasteiger partial charge >= 0.3 is 0 Å². The Bertz CT molecular complexity index is 231. The molecule has 1 fully saturated rings. The van der Waals surface area contributed by atoms with E-state index in [1.807, 2.05) is 0 Å². The van der Waals surface area contributed by atoms with Gasteiger partial charge in [-0.15, -0.1) is 0 Å². The standard InChI is InChI=1S/C16H34N2O/c1-4-11-18(13-15-8-9-15)12-7-6-10-16(3,14-19)17-5-2/h15,17,19H,4-14H2,1-3H3. The third-order valence-electron chi connectivity index (χ3n) is 4.16. The molecule has 0 aromatic carbocycles. The van der Waals surface area contributed by atoms with Crippen LogP contribution in [0.5, 0.6) is 0 Å². The van der Waals surface area contributed by atoms with Crippen LogP contribution in [0.3, 0.4) is 0 Å². The summed E-state index contributed by atoms with van der Waals surface area (Å²) in [5.74, 6) is 0.996. The van der Waals surface area contributed by atoms with Crippen molar-refractivity contribution in [2.75, 3.05) is 32.8 Å². The van der Waals surface area contributed by atoms with E-state index in [0.717, 1.165) is 18.9 Å². The Morgan fingerprint density at radius 3 is 2.47 bits per heavy atom. The molecule has 3 nitrogen and oxygen atoms in total. The molecule has 0 aromatic heterocycles. The number of likely N-dealkylation sites (N-methyl/N-ethyl adjacent to an activating group) is 1. The van der Waals surface area contributed by atoms with Crippen LogP contribution in [0.2, 0.25) is 0 Å². The summed E-state index contributed by atoms with van der Waals surface area (Å²) < 4.78 is 0. The molecule has 0 spiro atoms. The second-order valence-electron chi connectivity index (χ2n) is 6.45. The molecule has 1 unspecified atom stereocenters. The molecule has 1 rings (SSSR count). The van der Waals surface area contributed by atoms with Crippen molar-refractivity contribution < 1.29 is 5.11 Å². The number of hydrogen-bond donors (Lipinski definition) is 2. The summed E-state index contributed by atoms with van der Waals surface area (Å²) in [5, 5.41) is 12.9. The largest absolute Gasteiger partial charge is 0.394 e. The van der Waals surface area contributed by atoms with Crippen LogP contribution in [0, 0.1) is 5.92 Å². The molecule has 0 heterocycles. The molecule has 0 aromatic rings. The number of aliphatic hydroxyl groups excluding tert-OH is 1. The van der Waals surface area contributed by atoms with Crippen molar-refractivity contribution in [1.82, 2.24) is 10.2 Å². The van der Waals surface area contributed by atoms with E-state index >= 15 is 0 Å². The Hall–Kier alpha value is -0.120. The maximum Gasteiger partial charge on any atom is 0.0610 e. The number of rotatable bonds is 12. The van der Waals surface area contributed by atoms with Crippen LogP contribution in [0.15, 0.2) is 0 Å². The van der Waals surface area contributed by atoms with Gasteiger partial charge in [0.1, 0.15) is 0 Å². The number of hydrogen-bond acceptors (Lipinski definition) is 3. The van der Waals surface area contributed by atoms with E-state index in [0.29, 0.717) is 0 Å². The smallest absolute Gasteiger partial charge is 0.0610 e. The van der Waals surface area contributed by atoms with Gasteiger partial charge in [0, 0.05) is 12.1 Å². The van der Waals surface area contributed by atoms with Gasteiger partial charge < -0.3 is 15.3 Å². The van der Waals surface area contributed by atoms with Crippen molar-refractivity contribution in [3.8, 4) is 0 Å². The first-order chi connectivity index (χ1) is 9.13. The van der Waals surface area contributed by atoms with Crippen molar-refractivity contribution >= 4 is 0 Å². The van der Waals surface area contributed by atoms with Crippen molar-refractivity contribution in [1.29, 1.82) is 0 Å². The molecule has 1 saturated carbocycles. The minimum absolute atomic E-state index is 0.0825. The highest BCUT2D eigenvalue weighted by molar-refractivity contribution is 4.82. The van der Waals surface area contributed by atoms with Crippen LogP contribution in [-0.2, 0) is 0 Å². The van der Waals surface area contributed by atoms with E-state index in [2.05, 4.69) is 31.0 Å². The van der Waals surface area contributed by atoms with E-state index in [4.69, 9.17) is 0 Å². The van der Waals surface area contributed by atoms with Crippen molar-refractivity contribution in [3.63, 3.8) is 0 Å². The Morgan fingerprint density at radius 2 is 1.95 bits per heavy atom. The van der Waals surface area contributed by atoms with E-state index in [1.54, 1.807) is 0 Å². The molecule has 19 heavy (non-hydrogen) atoms. The second kappa shape index (κ2) is 8.93. The zero-order chi connectivity index (χ0) is 14.1. The third kappa shape index (κ3) is 7.28. The summed E-state index contributed by atoms with van der Waals surface area (Å²) in [6.45, 7) is 11.5. The Morgan fingerprint density at radius 1 is 1.21 bits per heavy atom. The molecule has 3 heteroatoms. The van der Waals surface area contributed by atoms with Crippen LogP contribution >= 0.6 is 0 Å². The van der Waals surface area contributed by atoms with Gasteiger partial charge in [-0.3, -0.25) is 0 Å². The zero-order valence-electron chi connectivity index (χ0n) is 13.2. The minimum Gasteiger partial charge on any atom is -0.394 e. The van der Waals surface area contributed by atoms with E-state index in [1.165, 1.54) is 51.7 Å². The molecule has 0 aliphatic heterocycles. The Balaban J connectivity index is 2.15. The lowest BCUT2D eigenvalue weighted by atomic mass is 9.95. The van der Waals surface area contributed by atoms with Crippen molar-refractivity contribution in [3.05, 3.63) is 0 Å². The highest BCUT2D eigenvalue weighted by Gasteiger charge is 2.24. The molecule has 1 aliphatic carbocycles. The van der Waals surface area contributed by atoms with Gasteiger partial charge in [-0.2, -0.15) is 0 Å². The molecular formula is C16H34N2O. The molecule has 0 saturated heterocycles. The van der Waals surface area contributed by atoms with Gasteiger partial charge in [0.15, 0.2) is 0 Å². The predicted molar refractivity (Wildman–Crippen MR) is 82.5 cm³/mol. The van der Waals surface area contributed by atoms with Crippen LogP contribution in [-0.4, -0.2) is 48.3 Å². The van der Waals surface area contributed by atoms with Gasteiger partial charge in [0.05, 0.1) is 6.61 Å². The first-order valence-corrected chi connectivity index (χ1v) is 8.21. The summed E-state index contributed by atoms with van der Waals surface area (Å²) in [4.78, 5) is 2.64. The lowest BCUT2D eigenvalue weighted by Crippen LogP contribution is -2.45. The summed E-state index contributed by atoms with van der Waals surface area (Å²) in [7, 11) is 0. The zero-order valence-corrected chi connectivity index (χ0v) is 13.2. The molecule has 1 aliphatic rings. The molecular weight excluding hydrogens is 236 g/mol. The van der Waals surface area contributed by atoms with E-state index in [-0.39, 0.29) is 12.1 Å². The minimum atomic E-state index is -0.0825. The number of nitrogens with one attached hydrogen (secondary N) is 1. The molecule has 2 N–H and O–H groups in total. The molecule has 0 amide bonds. The van der Waals surface area contributed by atoms with E-state index in [9.17, 15) is 5.11 Å². The fourth-order valence-electron chi connectivity index (χ4n) is 2.78. The third-order valence-corrected chi connectivity index (χ3v) is 4.16. The predicted octanol–water partition coefficient (Wildman–Crippen LogP) is 2.64. The van der Waals surface area contributed by atoms with Crippen LogP contribution in [0.25, 0.3) is 0 Å². The SMILES string of the molecule is CCCN(CCCCC(C)(CO)NCC)CC1CC1. The second-order valence-corrected chi connectivity index (χ2v) is 6.45.